The Morgan fingerprint density at radius 2 is 1.06 bits per heavy atom. The molecule has 32 heavy (non-hydrogen) atoms. The lowest BCUT2D eigenvalue weighted by Crippen LogP contribution is -2.02. The monoisotopic (exact) mass is 434 g/mol. The molecular formula is C28H18O3S. The summed E-state index contributed by atoms with van der Waals surface area (Å²) in [4.78, 5) is 1.55. The Balaban J connectivity index is 1.34. The van der Waals surface area contributed by atoms with Gasteiger partial charge in [0.05, 0.1) is 0 Å². The molecule has 5 aromatic rings. The van der Waals surface area contributed by atoms with Crippen molar-refractivity contribution in [2.24, 2.45) is 0 Å². The van der Waals surface area contributed by atoms with Crippen LogP contribution in [0.3, 0.4) is 0 Å². The molecule has 0 bridgehead atoms. The van der Waals surface area contributed by atoms with Crippen molar-refractivity contribution < 1.29 is 14.0 Å². The van der Waals surface area contributed by atoms with Crippen LogP contribution >= 0.6 is 0 Å². The average molecular weight is 435 g/mol. The maximum atomic E-state index is 13.0. The molecule has 0 fully saturated rings. The molecule has 1 aliphatic rings. The van der Waals surface area contributed by atoms with Crippen LogP contribution in [0, 0.1) is 0 Å². The van der Waals surface area contributed by atoms with Crippen LogP contribution in [0.15, 0.2) is 119 Å². The minimum absolute atomic E-state index is 0.667. The highest BCUT2D eigenvalue weighted by molar-refractivity contribution is 7.91. The number of ether oxygens (including phenoxy) is 2. The van der Waals surface area contributed by atoms with Crippen LogP contribution in [0.25, 0.3) is 21.9 Å². The topological polar surface area (TPSA) is 41.5 Å². The minimum atomic E-state index is -1.23. The molecule has 154 valence electrons. The molecule has 0 amide bonds. The van der Waals surface area contributed by atoms with Gasteiger partial charge in [0, 0.05) is 17.2 Å². The molecule has 1 unspecified atom stereocenters. The van der Waals surface area contributed by atoms with E-state index in [0.29, 0.717) is 23.0 Å². The molecule has 0 radical (unpaired) electrons. The molecule has 1 aliphatic heterocycles. The fourth-order valence-electron chi connectivity index (χ4n) is 3.92. The largest absolute Gasteiger partial charge is 0.606 e. The maximum Gasteiger partial charge on any atom is 0.170 e. The predicted octanol–water partition coefficient (Wildman–Crippen LogP) is 7.57. The molecule has 3 nitrogen and oxygen atoms in total. The van der Waals surface area contributed by atoms with E-state index in [2.05, 4.69) is 12.1 Å². The van der Waals surface area contributed by atoms with E-state index in [4.69, 9.17) is 9.47 Å². The van der Waals surface area contributed by atoms with Crippen LogP contribution in [0.4, 0.5) is 0 Å². The van der Waals surface area contributed by atoms with Crippen LogP contribution in [0.1, 0.15) is 0 Å². The number of hydrogen-bond acceptors (Lipinski definition) is 3. The molecule has 5 aromatic carbocycles. The Morgan fingerprint density at radius 1 is 0.469 bits per heavy atom. The third-order valence-electron chi connectivity index (χ3n) is 5.53. The average Bonchev–Trinajstić information content (AvgIpc) is 2.86. The Hall–Kier alpha value is -3.73. The van der Waals surface area contributed by atoms with E-state index in [-0.39, 0.29) is 0 Å². The van der Waals surface area contributed by atoms with Gasteiger partial charge in [-0.25, -0.2) is 0 Å². The Kier molecular flexibility index (Phi) is 4.60. The molecule has 4 heteroatoms. The maximum absolute atomic E-state index is 13.0. The molecule has 6 rings (SSSR count). The summed E-state index contributed by atoms with van der Waals surface area (Å²) in [6.07, 6.45) is 0. The molecule has 0 aromatic heterocycles. The molecule has 0 spiro atoms. The quantitative estimate of drug-likeness (QED) is 0.270. The standard InChI is InChI=1S/C28H18O3S/c29-32(23-10-2-1-3-11-23)24-12-6-9-19(15-24)22-13-14-25-26(18-22)31-28-17-21-8-5-4-7-20(21)16-27(28)30-25/h1-18H. The second-order valence-corrected chi connectivity index (χ2v) is 9.10. The van der Waals surface area contributed by atoms with Gasteiger partial charge in [-0.15, -0.1) is 0 Å². The van der Waals surface area contributed by atoms with Gasteiger partial charge in [0.15, 0.2) is 32.8 Å². The van der Waals surface area contributed by atoms with E-state index >= 15 is 0 Å². The van der Waals surface area contributed by atoms with Gasteiger partial charge in [0.2, 0.25) is 0 Å². The molecule has 0 aliphatic carbocycles. The van der Waals surface area contributed by atoms with E-state index in [9.17, 15) is 4.55 Å². The zero-order chi connectivity index (χ0) is 21.5. The van der Waals surface area contributed by atoms with Gasteiger partial charge in [-0.05, 0) is 64.4 Å². The van der Waals surface area contributed by atoms with Crippen LogP contribution in [0.5, 0.6) is 23.0 Å². The lowest BCUT2D eigenvalue weighted by atomic mass is 10.0. The fraction of sp³-hybridized carbons (Fsp3) is 0. The van der Waals surface area contributed by atoms with Gasteiger partial charge in [-0.1, -0.05) is 60.7 Å². The summed E-state index contributed by atoms with van der Waals surface area (Å²) in [5, 5.41) is 2.21. The third-order valence-corrected chi connectivity index (χ3v) is 6.92. The fourth-order valence-corrected chi connectivity index (χ4v) is 5.03. The van der Waals surface area contributed by atoms with E-state index in [1.807, 2.05) is 97.1 Å². The number of fused-ring (bicyclic) bond motifs is 3. The van der Waals surface area contributed by atoms with Gasteiger partial charge in [0.25, 0.3) is 0 Å². The van der Waals surface area contributed by atoms with E-state index in [0.717, 1.165) is 31.7 Å². The van der Waals surface area contributed by atoms with Crippen molar-refractivity contribution >= 4 is 21.9 Å². The van der Waals surface area contributed by atoms with Crippen molar-refractivity contribution in [3.63, 3.8) is 0 Å². The van der Waals surface area contributed by atoms with Crippen molar-refractivity contribution in [3.8, 4) is 34.1 Å². The second kappa shape index (κ2) is 7.75. The first kappa shape index (κ1) is 19.0. The molecule has 1 atom stereocenters. The summed E-state index contributed by atoms with van der Waals surface area (Å²) in [7, 11) is 0. The third kappa shape index (κ3) is 3.40. The van der Waals surface area contributed by atoms with Gasteiger partial charge in [-0.3, -0.25) is 0 Å². The van der Waals surface area contributed by atoms with Gasteiger partial charge >= 0.3 is 0 Å². The molecule has 0 N–H and O–H groups in total. The normalized spacial score (nSPS) is 12.9. The number of rotatable bonds is 3. The van der Waals surface area contributed by atoms with Crippen LogP contribution in [-0.2, 0) is 11.2 Å². The first-order chi connectivity index (χ1) is 15.7. The first-order valence-electron chi connectivity index (χ1n) is 10.3. The second-order valence-electron chi connectivity index (χ2n) is 7.62. The summed E-state index contributed by atoms with van der Waals surface area (Å²) in [6, 6.07) is 35.3. The Labute approximate surface area is 189 Å². The zero-order valence-corrected chi connectivity index (χ0v) is 17.8. The van der Waals surface area contributed by atoms with Crippen LogP contribution < -0.4 is 9.47 Å². The summed E-state index contributed by atoms with van der Waals surface area (Å²) in [6.45, 7) is 0. The Morgan fingerprint density at radius 3 is 1.81 bits per heavy atom. The first-order valence-corrected chi connectivity index (χ1v) is 11.5. The summed E-state index contributed by atoms with van der Waals surface area (Å²) in [5.41, 5.74) is 1.95. The highest BCUT2D eigenvalue weighted by atomic mass is 32.2. The summed E-state index contributed by atoms with van der Waals surface area (Å²) < 4.78 is 25.3. The van der Waals surface area contributed by atoms with Crippen molar-refractivity contribution in [1.82, 2.24) is 0 Å². The summed E-state index contributed by atoms with van der Waals surface area (Å²) in [5.74, 6) is 2.76. The van der Waals surface area contributed by atoms with Crippen molar-refractivity contribution in [3.05, 3.63) is 109 Å². The van der Waals surface area contributed by atoms with E-state index in [1.54, 1.807) is 0 Å². The van der Waals surface area contributed by atoms with E-state index < -0.39 is 11.2 Å². The van der Waals surface area contributed by atoms with Gasteiger partial charge in [0.1, 0.15) is 0 Å². The van der Waals surface area contributed by atoms with Crippen molar-refractivity contribution in [2.75, 3.05) is 0 Å². The smallest absolute Gasteiger partial charge is 0.170 e. The molecule has 1 heterocycles. The van der Waals surface area contributed by atoms with Crippen molar-refractivity contribution in [1.29, 1.82) is 0 Å². The van der Waals surface area contributed by atoms with Gasteiger partial charge in [-0.2, -0.15) is 0 Å². The van der Waals surface area contributed by atoms with Crippen LogP contribution in [0.2, 0.25) is 0 Å². The lowest BCUT2D eigenvalue weighted by molar-refractivity contribution is 0.360. The molecule has 0 saturated heterocycles. The molecule has 0 saturated carbocycles. The predicted molar refractivity (Wildman–Crippen MR) is 127 cm³/mol. The molecular weight excluding hydrogens is 416 g/mol. The lowest BCUT2D eigenvalue weighted by Gasteiger charge is -2.22. The zero-order valence-electron chi connectivity index (χ0n) is 17.0. The highest BCUT2D eigenvalue weighted by Gasteiger charge is 2.21. The highest BCUT2D eigenvalue weighted by Crippen LogP contribution is 2.48. The summed E-state index contributed by atoms with van der Waals surface area (Å²) >= 11 is -1.23. The van der Waals surface area contributed by atoms with E-state index in [1.165, 1.54) is 0 Å². The SMILES string of the molecule is [O-][S+](c1ccccc1)c1cccc(-c2ccc3c(c2)Oc2cc4ccccc4cc2O3)c1. The Bertz CT molecular complexity index is 1450. The van der Waals surface area contributed by atoms with Crippen molar-refractivity contribution in [2.45, 2.75) is 9.79 Å². The number of benzene rings is 5. The van der Waals surface area contributed by atoms with Gasteiger partial charge < -0.3 is 14.0 Å². The number of hydrogen-bond donors (Lipinski definition) is 0. The minimum Gasteiger partial charge on any atom is -0.606 e. The van der Waals surface area contributed by atoms with Crippen LogP contribution in [-0.4, -0.2) is 4.55 Å².